The highest BCUT2D eigenvalue weighted by Gasteiger charge is 2.34. The first-order chi connectivity index (χ1) is 13.4. The second-order valence-corrected chi connectivity index (χ2v) is 7.31. The molecule has 1 saturated heterocycles. The average molecular weight is 410 g/mol. The average Bonchev–Trinajstić information content (AvgIpc) is 2.65. The summed E-state index contributed by atoms with van der Waals surface area (Å²) >= 11 is 5.84. The van der Waals surface area contributed by atoms with Gasteiger partial charge in [0.25, 0.3) is 0 Å². The molecule has 1 heterocycles. The van der Waals surface area contributed by atoms with Crippen LogP contribution in [-0.4, -0.2) is 44.2 Å². The van der Waals surface area contributed by atoms with Crippen LogP contribution in [-0.2, 0) is 0 Å². The quantitative estimate of drug-likeness (QED) is 0.794. The molecule has 5 nitrogen and oxygen atoms in total. The minimum atomic E-state index is -0.679. The number of hydrogen-bond donors (Lipinski definition) is 2. The summed E-state index contributed by atoms with van der Waals surface area (Å²) in [7, 11) is 3.24. The lowest BCUT2D eigenvalue weighted by Gasteiger charge is -2.37. The molecule has 1 fully saturated rings. The summed E-state index contributed by atoms with van der Waals surface area (Å²) in [6.07, 6.45) is 0.570. The van der Waals surface area contributed by atoms with Gasteiger partial charge in [-0.2, -0.15) is 0 Å². The number of likely N-dealkylation sites (N-methyl/N-ethyl adjacent to an activating group) is 1. The number of carbonyl (C=O) groups excluding carboxylic acids is 1. The molecule has 2 atom stereocenters. The SMILES string of the molecule is COc1cc(F)c(C2CN(C)CC[C@H]2NC(=O)Nc2ccc(Cl)cc2)c(F)c1. The van der Waals surface area contributed by atoms with E-state index in [4.69, 9.17) is 16.3 Å². The number of anilines is 1. The Morgan fingerprint density at radius 3 is 2.46 bits per heavy atom. The third kappa shape index (κ3) is 4.72. The number of nitrogens with zero attached hydrogens (tertiary/aromatic N) is 1. The molecule has 3 rings (SSSR count). The third-order valence-corrected chi connectivity index (χ3v) is 5.15. The number of likely N-dealkylation sites (tertiary alicyclic amines) is 1. The maximum absolute atomic E-state index is 14.6. The van der Waals surface area contributed by atoms with E-state index in [0.717, 1.165) is 12.1 Å². The van der Waals surface area contributed by atoms with E-state index in [1.165, 1.54) is 7.11 Å². The summed E-state index contributed by atoms with van der Waals surface area (Å²) in [5.74, 6) is -1.77. The summed E-state index contributed by atoms with van der Waals surface area (Å²) in [6, 6.07) is 8.16. The Morgan fingerprint density at radius 1 is 1.21 bits per heavy atom. The lowest BCUT2D eigenvalue weighted by molar-refractivity contribution is 0.197. The maximum atomic E-state index is 14.6. The van der Waals surface area contributed by atoms with Crippen molar-refractivity contribution < 1.29 is 18.3 Å². The van der Waals surface area contributed by atoms with E-state index in [0.29, 0.717) is 30.2 Å². The fraction of sp³-hybridized carbons (Fsp3) is 0.350. The van der Waals surface area contributed by atoms with Gasteiger partial charge in [-0.05, 0) is 44.3 Å². The van der Waals surface area contributed by atoms with Crippen LogP contribution in [0, 0.1) is 11.6 Å². The Labute approximate surface area is 167 Å². The van der Waals surface area contributed by atoms with Crippen LogP contribution < -0.4 is 15.4 Å². The Bertz CT molecular complexity index is 825. The van der Waals surface area contributed by atoms with Crippen LogP contribution in [0.2, 0.25) is 5.02 Å². The van der Waals surface area contributed by atoms with Gasteiger partial charge >= 0.3 is 6.03 Å². The minimum Gasteiger partial charge on any atom is -0.497 e. The van der Waals surface area contributed by atoms with Gasteiger partial charge in [-0.1, -0.05) is 11.6 Å². The first-order valence-electron chi connectivity index (χ1n) is 8.92. The number of piperidine rings is 1. The van der Waals surface area contributed by atoms with Crippen LogP contribution in [0.15, 0.2) is 36.4 Å². The molecule has 0 bridgehead atoms. The molecule has 28 heavy (non-hydrogen) atoms. The number of benzene rings is 2. The van der Waals surface area contributed by atoms with E-state index in [1.54, 1.807) is 24.3 Å². The van der Waals surface area contributed by atoms with Gasteiger partial charge in [0.1, 0.15) is 17.4 Å². The standard InChI is InChI=1S/C20H22ClF2N3O2/c1-26-8-7-18(25-20(27)24-13-5-3-12(21)4-6-13)15(11-26)19-16(22)9-14(28-2)10-17(19)23/h3-6,9-10,15,18H,7-8,11H2,1-2H3,(H2,24,25,27)/t15?,18-/m1/s1. The molecule has 2 amide bonds. The Hall–Kier alpha value is -2.38. The van der Waals surface area contributed by atoms with Crippen LogP contribution in [0.25, 0.3) is 0 Å². The van der Waals surface area contributed by atoms with Gasteiger partial charge in [-0.15, -0.1) is 0 Å². The number of nitrogens with one attached hydrogen (secondary N) is 2. The van der Waals surface area contributed by atoms with Crippen molar-refractivity contribution in [2.75, 3.05) is 32.6 Å². The molecule has 2 aromatic carbocycles. The maximum Gasteiger partial charge on any atom is 0.319 e. The number of methoxy groups -OCH3 is 1. The van der Waals surface area contributed by atoms with Gasteiger partial charge in [0, 0.05) is 46.9 Å². The molecular formula is C20H22ClF2N3O2. The van der Waals surface area contributed by atoms with E-state index in [9.17, 15) is 13.6 Å². The first kappa shape index (κ1) is 20.4. The summed E-state index contributed by atoms with van der Waals surface area (Å²) in [6.45, 7) is 1.13. The third-order valence-electron chi connectivity index (χ3n) is 4.89. The van der Waals surface area contributed by atoms with Crippen molar-refractivity contribution in [2.24, 2.45) is 0 Å². The van der Waals surface area contributed by atoms with Crippen LogP contribution in [0.1, 0.15) is 17.9 Å². The molecule has 150 valence electrons. The zero-order valence-corrected chi connectivity index (χ0v) is 16.4. The smallest absolute Gasteiger partial charge is 0.319 e. The molecular weight excluding hydrogens is 388 g/mol. The number of carbonyl (C=O) groups is 1. The molecule has 1 aliphatic heterocycles. The molecule has 0 saturated carbocycles. The van der Waals surface area contributed by atoms with Gasteiger partial charge in [-0.25, -0.2) is 13.6 Å². The van der Waals surface area contributed by atoms with Crippen molar-refractivity contribution in [3.63, 3.8) is 0 Å². The van der Waals surface area contributed by atoms with Crippen LogP contribution in [0.5, 0.6) is 5.75 Å². The monoisotopic (exact) mass is 409 g/mol. The molecule has 1 unspecified atom stereocenters. The molecule has 1 aliphatic rings. The Kier molecular flexibility index (Phi) is 6.36. The second kappa shape index (κ2) is 8.75. The highest BCUT2D eigenvalue weighted by Crippen LogP contribution is 2.33. The Balaban J connectivity index is 1.79. The number of hydrogen-bond acceptors (Lipinski definition) is 3. The molecule has 0 aromatic heterocycles. The lowest BCUT2D eigenvalue weighted by atomic mass is 9.85. The number of ether oxygens (including phenoxy) is 1. The van der Waals surface area contributed by atoms with Gasteiger partial charge in [0.05, 0.1) is 7.11 Å². The zero-order chi connectivity index (χ0) is 20.3. The van der Waals surface area contributed by atoms with E-state index in [-0.39, 0.29) is 11.3 Å². The van der Waals surface area contributed by atoms with Crippen molar-refractivity contribution in [3.05, 3.63) is 58.6 Å². The Morgan fingerprint density at radius 2 is 1.86 bits per heavy atom. The second-order valence-electron chi connectivity index (χ2n) is 6.87. The predicted molar refractivity (Wildman–Crippen MR) is 105 cm³/mol. The molecule has 0 spiro atoms. The summed E-state index contributed by atoms with van der Waals surface area (Å²) < 4.78 is 34.2. The normalized spacial score (nSPS) is 19.9. The molecule has 0 radical (unpaired) electrons. The number of rotatable bonds is 4. The highest BCUT2D eigenvalue weighted by atomic mass is 35.5. The summed E-state index contributed by atoms with van der Waals surface area (Å²) in [5.41, 5.74) is 0.539. The largest absolute Gasteiger partial charge is 0.497 e. The van der Waals surface area contributed by atoms with Gasteiger partial charge in [-0.3, -0.25) is 0 Å². The van der Waals surface area contributed by atoms with Gasteiger partial charge < -0.3 is 20.3 Å². The van der Waals surface area contributed by atoms with Crippen LogP contribution >= 0.6 is 11.6 Å². The van der Waals surface area contributed by atoms with Crippen LogP contribution in [0.4, 0.5) is 19.3 Å². The van der Waals surface area contributed by atoms with Crippen molar-refractivity contribution in [3.8, 4) is 5.75 Å². The van der Waals surface area contributed by atoms with E-state index in [1.807, 2.05) is 11.9 Å². The van der Waals surface area contributed by atoms with Gasteiger partial charge in [0.15, 0.2) is 0 Å². The number of amides is 2. The van der Waals surface area contributed by atoms with E-state index < -0.39 is 29.6 Å². The van der Waals surface area contributed by atoms with E-state index >= 15 is 0 Å². The topological polar surface area (TPSA) is 53.6 Å². The van der Waals surface area contributed by atoms with Crippen molar-refractivity contribution >= 4 is 23.3 Å². The van der Waals surface area contributed by atoms with Gasteiger partial charge in [0.2, 0.25) is 0 Å². The molecule has 2 aromatic rings. The number of urea groups is 1. The summed E-state index contributed by atoms with van der Waals surface area (Å²) in [4.78, 5) is 14.4. The van der Waals surface area contributed by atoms with Crippen molar-refractivity contribution in [1.29, 1.82) is 0 Å². The predicted octanol–water partition coefficient (Wildman–Crippen LogP) is 4.24. The van der Waals surface area contributed by atoms with Crippen LogP contribution in [0.3, 0.4) is 0 Å². The highest BCUT2D eigenvalue weighted by molar-refractivity contribution is 6.30. The fourth-order valence-corrected chi connectivity index (χ4v) is 3.61. The summed E-state index contributed by atoms with van der Waals surface area (Å²) in [5, 5.41) is 6.14. The van der Waals surface area contributed by atoms with Crippen molar-refractivity contribution in [2.45, 2.75) is 18.4 Å². The molecule has 8 heteroatoms. The molecule has 0 aliphatic carbocycles. The lowest BCUT2D eigenvalue weighted by Crippen LogP contribution is -2.50. The zero-order valence-electron chi connectivity index (χ0n) is 15.6. The van der Waals surface area contributed by atoms with Crippen molar-refractivity contribution in [1.82, 2.24) is 10.2 Å². The fourth-order valence-electron chi connectivity index (χ4n) is 3.48. The number of halogens is 3. The first-order valence-corrected chi connectivity index (χ1v) is 9.29. The van der Waals surface area contributed by atoms with E-state index in [2.05, 4.69) is 10.6 Å². The molecule has 2 N–H and O–H groups in total. The minimum absolute atomic E-state index is 0.0378.